The van der Waals surface area contributed by atoms with Gasteiger partial charge in [0.05, 0.1) is 6.07 Å². The summed E-state index contributed by atoms with van der Waals surface area (Å²) in [7, 11) is 0. The fraction of sp³-hybridized carbons (Fsp3) is 0.900. The van der Waals surface area contributed by atoms with Crippen LogP contribution in [-0.4, -0.2) is 12.1 Å². The van der Waals surface area contributed by atoms with Gasteiger partial charge in [0.1, 0.15) is 0 Å². The molecule has 1 saturated carbocycles. The van der Waals surface area contributed by atoms with Crippen molar-refractivity contribution in [2.45, 2.75) is 45.1 Å². The van der Waals surface area contributed by atoms with Gasteiger partial charge in [0.15, 0.2) is 0 Å². The van der Waals surface area contributed by atoms with Crippen molar-refractivity contribution in [3.63, 3.8) is 0 Å². The standard InChI is InChI=1S/C10H18N2/c1-10(2,9-5-6-9)12-8-4-3-7-11/h9,12H,3-6,8H2,1-2H3. The van der Waals surface area contributed by atoms with Gasteiger partial charge in [-0.2, -0.15) is 5.26 Å². The highest BCUT2D eigenvalue weighted by atomic mass is 15.0. The summed E-state index contributed by atoms with van der Waals surface area (Å²) in [5, 5.41) is 11.8. The second-order valence-corrected chi connectivity index (χ2v) is 4.18. The Balaban J connectivity index is 2.09. The molecule has 0 atom stereocenters. The van der Waals surface area contributed by atoms with Crippen LogP contribution in [0.15, 0.2) is 0 Å². The molecular weight excluding hydrogens is 148 g/mol. The van der Waals surface area contributed by atoms with E-state index >= 15 is 0 Å². The summed E-state index contributed by atoms with van der Waals surface area (Å²) in [5.74, 6) is 0.875. The average molecular weight is 166 g/mol. The molecule has 0 radical (unpaired) electrons. The smallest absolute Gasteiger partial charge is 0.0622 e. The third-order valence-corrected chi connectivity index (χ3v) is 2.64. The molecule has 0 spiro atoms. The molecule has 2 heteroatoms. The molecule has 68 valence electrons. The number of nitriles is 1. The second-order valence-electron chi connectivity index (χ2n) is 4.18. The zero-order valence-corrected chi connectivity index (χ0v) is 8.06. The van der Waals surface area contributed by atoms with Gasteiger partial charge in [-0.15, -0.1) is 0 Å². The van der Waals surface area contributed by atoms with Gasteiger partial charge in [-0.3, -0.25) is 0 Å². The molecule has 1 rings (SSSR count). The first kappa shape index (κ1) is 9.54. The van der Waals surface area contributed by atoms with Gasteiger partial charge in [0.2, 0.25) is 0 Å². The minimum absolute atomic E-state index is 0.301. The van der Waals surface area contributed by atoms with Crippen LogP contribution >= 0.6 is 0 Å². The van der Waals surface area contributed by atoms with E-state index in [4.69, 9.17) is 5.26 Å². The van der Waals surface area contributed by atoms with Crippen LogP contribution in [0.25, 0.3) is 0 Å². The van der Waals surface area contributed by atoms with Gasteiger partial charge in [-0.25, -0.2) is 0 Å². The number of nitrogens with one attached hydrogen (secondary N) is 1. The summed E-state index contributed by atoms with van der Waals surface area (Å²) < 4.78 is 0. The number of hydrogen-bond acceptors (Lipinski definition) is 2. The van der Waals surface area contributed by atoms with Crippen LogP contribution < -0.4 is 5.32 Å². The van der Waals surface area contributed by atoms with E-state index in [-0.39, 0.29) is 0 Å². The Morgan fingerprint density at radius 1 is 1.50 bits per heavy atom. The lowest BCUT2D eigenvalue weighted by molar-refractivity contribution is 0.341. The van der Waals surface area contributed by atoms with Crippen LogP contribution in [0.5, 0.6) is 0 Å². The molecule has 0 amide bonds. The SMILES string of the molecule is CC(C)(NCCCC#N)C1CC1. The lowest BCUT2D eigenvalue weighted by atomic mass is 9.99. The predicted octanol–water partition coefficient (Wildman–Crippen LogP) is 2.07. The topological polar surface area (TPSA) is 35.8 Å². The van der Waals surface area contributed by atoms with Gasteiger partial charge in [-0.1, -0.05) is 0 Å². The summed E-state index contributed by atoms with van der Waals surface area (Å²) in [6, 6.07) is 2.16. The van der Waals surface area contributed by atoms with Crippen molar-refractivity contribution in [1.82, 2.24) is 5.32 Å². The number of hydrogen-bond donors (Lipinski definition) is 1. The minimum atomic E-state index is 0.301. The van der Waals surface area contributed by atoms with E-state index in [0.717, 1.165) is 18.9 Å². The molecule has 0 aromatic rings. The third-order valence-electron chi connectivity index (χ3n) is 2.64. The molecule has 1 aliphatic carbocycles. The highest BCUT2D eigenvalue weighted by Gasteiger charge is 2.36. The zero-order valence-electron chi connectivity index (χ0n) is 8.06. The molecule has 0 aromatic carbocycles. The second kappa shape index (κ2) is 3.91. The molecule has 0 saturated heterocycles. The van der Waals surface area contributed by atoms with Crippen LogP contribution in [0, 0.1) is 17.2 Å². The van der Waals surface area contributed by atoms with E-state index in [1.165, 1.54) is 12.8 Å². The summed E-state index contributed by atoms with van der Waals surface area (Å²) in [6.45, 7) is 5.51. The van der Waals surface area contributed by atoms with Crippen molar-refractivity contribution in [2.24, 2.45) is 5.92 Å². The fourth-order valence-electron chi connectivity index (χ4n) is 1.53. The Hall–Kier alpha value is -0.550. The first-order valence-corrected chi connectivity index (χ1v) is 4.79. The van der Waals surface area contributed by atoms with E-state index in [9.17, 15) is 0 Å². The van der Waals surface area contributed by atoms with E-state index < -0.39 is 0 Å². The van der Waals surface area contributed by atoms with E-state index in [2.05, 4.69) is 25.2 Å². The maximum absolute atomic E-state index is 8.34. The number of unbranched alkanes of at least 4 members (excludes halogenated alkanes) is 1. The van der Waals surface area contributed by atoms with Crippen LogP contribution in [-0.2, 0) is 0 Å². The Labute approximate surface area is 75.0 Å². The molecule has 0 bridgehead atoms. The molecule has 1 fully saturated rings. The highest BCUT2D eigenvalue weighted by molar-refractivity contribution is 4.94. The van der Waals surface area contributed by atoms with Crippen molar-refractivity contribution in [1.29, 1.82) is 5.26 Å². The van der Waals surface area contributed by atoms with Gasteiger partial charge >= 0.3 is 0 Å². The highest BCUT2D eigenvalue weighted by Crippen LogP contribution is 2.38. The lowest BCUT2D eigenvalue weighted by Gasteiger charge is -2.26. The normalized spacial score (nSPS) is 17.4. The third kappa shape index (κ3) is 2.83. The molecule has 12 heavy (non-hydrogen) atoms. The fourth-order valence-corrected chi connectivity index (χ4v) is 1.53. The van der Waals surface area contributed by atoms with Crippen molar-refractivity contribution in [3.05, 3.63) is 0 Å². The van der Waals surface area contributed by atoms with E-state index in [0.29, 0.717) is 12.0 Å². The molecule has 1 aliphatic rings. The Bertz CT molecular complexity index is 175. The molecule has 2 nitrogen and oxygen atoms in total. The van der Waals surface area contributed by atoms with Gasteiger partial charge < -0.3 is 5.32 Å². The number of rotatable bonds is 5. The van der Waals surface area contributed by atoms with Crippen LogP contribution in [0.3, 0.4) is 0 Å². The van der Waals surface area contributed by atoms with Crippen LogP contribution in [0.2, 0.25) is 0 Å². The van der Waals surface area contributed by atoms with Crippen molar-refractivity contribution < 1.29 is 0 Å². The molecular formula is C10H18N2. The largest absolute Gasteiger partial charge is 0.311 e. The Kier molecular flexibility index (Phi) is 3.11. The Morgan fingerprint density at radius 2 is 2.17 bits per heavy atom. The van der Waals surface area contributed by atoms with Gasteiger partial charge in [0, 0.05) is 12.0 Å². The van der Waals surface area contributed by atoms with Crippen LogP contribution in [0.4, 0.5) is 0 Å². The van der Waals surface area contributed by atoms with Crippen molar-refractivity contribution in [2.75, 3.05) is 6.54 Å². The minimum Gasteiger partial charge on any atom is -0.311 e. The van der Waals surface area contributed by atoms with E-state index in [1.54, 1.807) is 0 Å². The monoisotopic (exact) mass is 166 g/mol. The zero-order chi connectivity index (χ0) is 9.03. The summed E-state index contributed by atoms with van der Waals surface area (Å²) in [4.78, 5) is 0. The first-order chi connectivity index (χ1) is 5.67. The molecule has 0 aliphatic heterocycles. The quantitative estimate of drug-likeness (QED) is 0.635. The van der Waals surface area contributed by atoms with Crippen molar-refractivity contribution >= 4 is 0 Å². The van der Waals surface area contributed by atoms with Crippen LogP contribution in [0.1, 0.15) is 39.5 Å². The first-order valence-electron chi connectivity index (χ1n) is 4.79. The summed E-state index contributed by atoms with van der Waals surface area (Å²) in [6.07, 6.45) is 4.40. The lowest BCUT2D eigenvalue weighted by Crippen LogP contribution is -2.41. The maximum atomic E-state index is 8.34. The van der Waals surface area contributed by atoms with Crippen molar-refractivity contribution in [3.8, 4) is 6.07 Å². The molecule has 0 aromatic heterocycles. The van der Waals surface area contributed by atoms with Gasteiger partial charge in [0.25, 0.3) is 0 Å². The van der Waals surface area contributed by atoms with E-state index in [1.807, 2.05) is 0 Å². The molecule has 0 unspecified atom stereocenters. The summed E-state index contributed by atoms with van der Waals surface area (Å²) in [5.41, 5.74) is 0.301. The molecule has 0 heterocycles. The average Bonchev–Trinajstić information content (AvgIpc) is 2.80. The maximum Gasteiger partial charge on any atom is 0.0622 e. The van der Waals surface area contributed by atoms with Gasteiger partial charge in [-0.05, 0) is 45.6 Å². The predicted molar refractivity (Wildman–Crippen MR) is 49.7 cm³/mol. The Morgan fingerprint density at radius 3 is 2.67 bits per heavy atom. The number of nitrogens with zero attached hydrogens (tertiary/aromatic N) is 1. The summed E-state index contributed by atoms with van der Waals surface area (Å²) >= 11 is 0. The molecule has 1 N–H and O–H groups in total.